The van der Waals surface area contributed by atoms with Crippen LogP contribution in [0.2, 0.25) is 0 Å². The highest BCUT2D eigenvalue weighted by Gasteiger charge is 2.40. The maximum absolute atomic E-state index is 15.7. The van der Waals surface area contributed by atoms with E-state index in [0.717, 1.165) is 43.1 Å². The van der Waals surface area contributed by atoms with Gasteiger partial charge in [-0.25, -0.2) is 17.6 Å². The molecule has 0 saturated carbocycles. The highest BCUT2D eigenvalue weighted by Crippen LogP contribution is 2.42. The molecule has 0 spiro atoms. The van der Waals surface area contributed by atoms with E-state index < -0.39 is 30.1 Å². The number of allylic oxidation sites excluding steroid dienone is 1. The number of rotatable bonds is 9. The van der Waals surface area contributed by atoms with Gasteiger partial charge in [0, 0.05) is 31.6 Å². The molecule has 0 aliphatic carbocycles. The Hall–Kier alpha value is -2.25. The summed E-state index contributed by atoms with van der Waals surface area (Å²) in [6, 6.07) is 7.04. The van der Waals surface area contributed by atoms with Crippen LogP contribution in [-0.4, -0.2) is 54.6 Å². The third-order valence-electron chi connectivity index (χ3n) is 7.72. The summed E-state index contributed by atoms with van der Waals surface area (Å²) < 4.78 is 72.5. The molecule has 0 radical (unpaired) electrons. The van der Waals surface area contributed by atoms with Crippen molar-refractivity contribution in [1.82, 2.24) is 9.80 Å². The summed E-state index contributed by atoms with van der Waals surface area (Å²) in [4.78, 5) is 3.72. The first-order valence-electron chi connectivity index (χ1n) is 13.1. The van der Waals surface area contributed by atoms with E-state index in [9.17, 15) is 13.2 Å². The number of hydrogen-bond acceptors (Lipinski definition) is 2. The van der Waals surface area contributed by atoms with Gasteiger partial charge in [-0.1, -0.05) is 30.4 Å². The molecule has 7 heteroatoms. The summed E-state index contributed by atoms with van der Waals surface area (Å²) in [6.07, 6.45) is 2.42. The molecule has 2 aromatic carbocycles. The number of benzene rings is 2. The van der Waals surface area contributed by atoms with Gasteiger partial charge >= 0.3 is 0 Å². The van der Waals surface area contributed by atoms with Crippen molar-refractivity contribution in [2.45, 2.75) is 64.5 Å². The van der Waals surface area contributed by atoms with E-state index >= 15 is 8.78 Å². The molecule has 2 nitrogen and oxygen atoms in total. The van der Waals surface area contributed by atoms with Crippen LogP contribution >= 0.6 is 0 Å². The smallest absolute Gasteiger partial charge is 0.257 e. The van der Waals surface area contributed by atoms with Crippen LogP contribution in [0.4, 0.5) is 22.0 Å². The van der Waals surface area contributed by atoms with Crippen LogP contribution in [0.3, 0.4) is 0 Å². The zero-order valence-electron chi connectivity index (χ0n) is 22.0. The van der Waals surface area contributed by atoms with Gasteiger partial charge in [-0.05, 0) is 86.4 Å². The quantitative estimate of drug-likeness (QED) is 0.322. The SMILES string of the molecule is C=C(C)c1ccc2c(c1)C[C@@H](C)N(CC(C)(F)F)C2c1c(F)cc(CC2CCN(CCCF)C2)cc1F. The molecule has 3 atom stereocenters. The maximum Gasteiger partial charge on any atom is 0.257 e. The first kappa shape index (κ1) is 27.8. The average Bonchev–Trinajstić information content (AvgIpc) is 3.25. The molecule has 2 heterocycles. The number of likely N-dealkylation sites (tertiary alicyclic amines) is 1. The fourth-order valence-corrected chi connectivity index (χ4v) is 5.99. The highest BCUT2D eigenvalue weighted by atomic mass is 19.3. The van der Waals surface area contributed by atoms with E-state index in [1.54, 1.807) is 6.07 Å². The van der Waals surface area contributed by atoms with Gasteiger partial charge in [-0.15, -0.1) is 0 Å². The minimum absolute atomic E-state index is 0.181. The van der Waals surface area contributed by atoms with Crippen LogP contribution < -0.4 is 0 Å². The van der Waals surface area contributed by atoms with Crippen LogP contribution in [0.5, 0.6) is 0 Å². The molecular weight excluding hydrogens is 483 g/mol. The first-order chi connectivity index (χ1) is 17.5. The Morgan fingerprint density at radius 3 is 2.46 bits per heavy atom. The summed E-state index contributed by atoms with van der Waals surface area (Å²) in [5.41, 5.74) is 3.72. The third-order valence-corrected chi connectivity index (χ3v) is 7.72. The summed E-state index contributed by atoms with van der Waals surface area (Å²) in [6.45, 7) is 9.92. The van der Waals surface area contributed by atoms with Crippen molar-refractivity contribution < 1.29 is 22.0 Å². The third kappa shape index (κ3) is 6.43. The Balaban J connectivity index is 1.68. The molecule has 0 N–H and O–H groups in total. The van der Waals surface area contributed by atoms with Crippen LogP contribution in [0, 0.1) is 17.6 Å². The van der Waals surface area contributed by atoms with Crippen molar-refractivity contribution in [3.8, 4) is 0 Å². The van der Waals surface area contributed by atoms with Gasteiger partial charge in [0.05, 0.1) is 19.3 Å². The molecule has 4 rings (SSSR count). The molecule has 202 valence electrons. The van der Waals surface area contributed by atoms with Crippen LogP contribution in [0.25, 0.3) is 5.57 Å². The molecular formula is C30H37F5N2. The average molecular weight is 521 g/mol. The Morgan fingerprint density at radius 2 is 1.84 bits per heavy atom. The Labute approximate surface area is 217 Å². The van der Waals surface area contributed by atoms with E-state index in [4.69, 9.17) is 0 Å². The van der Waals surface area contributed by atoms with Crippen molar-refractivity contribution in [1.29, 1.82) is 0 Å². The zero-order valence-corrected chi connectivity index (χ0v) is 22.0. The van der Waals surface area contributed by atoms with Gasteiger partial charge in [-0.3, -0.25) is 9.29 Å². The van der Waals surface area contributed by atoms with E-state index in [0.29, 0.717) is 36.9 Å². The second-order valence-electron chi connectivity index (χ2n) is 11.1. The molecule has 1 fully saturated rings. The molecule has 2 aliphatic rings. The Morgan fingerprint density at radius 1 is 1.14 bits per heavy atom. The molecule has 2 aliphatic heterocycles. The van der Waals surface area contributed by atoms with Crippen LogP contribution in [0.1, 0.15) is 67.5 Å². The van der Waals surface area contributed by atoms with Crippen LogP contribution in [-0.2, 0) is 12.8 Å². The lowest BCUT2D eigenvalue weighted by molar-refractivity contribution is -0.0371. The van der Waals surface area contributed by atoms with Crippen molar-refractivity contribution in [3.05, 3.63) is 76.4 Å². The Bertz CT molecular complexity index is 1100. The normalized spacial score (nSPS) is 22.9. The molecule has 2 aromatic rings. The maximum atomic E-state index is 15.7. The topological polar surface area (TPSA) is 6.48 Å². The molecule has 0 amide bonds. The fourth-order valence-electron chi connectivity index (χ4n) is 5.99. The Kier molecular flexibility index (Phi) is 8.44. The molecule has 2 unspecified atom stereocenters. The standard InChI is InChI=1S/C30H37F5N2/c1-19(2)23-6-7-25-24(16-23)12-20(3)37(18-30(4,34)35)29(25)28-26(32)14-22(15-27(28)33)13-21-8-11-36(17-21)10-5-9-31/h6-7,14-16,20-21,29H,1,5,8-13,17-18H2,2-4H3/t20-,21?,29?/m1/s1. The lowest BCUT2D eigenvalue weighted by atomic mass is 9.82. The van der Waals surface area contributed by atoms with Gasteiger partial charge in [0.2, 0.25) is 0 Å². The number of nitrogens with zero attached hydrogens (tertiary/aromatic N) is 2. The second kappa shape index (κ2) is 11.2. The zero-order chi connectivity index (χ0) is 26.9. The number of fused-ring (bicyclic) bond motifs is 1. The van der Waals surface area contributed by atoms with Crippen molar-refractivity contribution in [2.24, 2.45) is 5.92 Å². The number of hydrogen-bond donors (Lipinski definition) is 0. The minimum atomic E-state index is -3.02. The highest BCUT2D eigenvalue weighted by molar-refractivity contribution is 5.63. The van der Waals surface area contributed by atoms with Gasteiger partial charge < -0.3 is 4.90 Å². The lowest BCUT2D eigenvalue weighted by Crippen LogP contribution is -2.48. The van der Waals surface area contributed by atoms with E-state index in [2.05, 4.69) is 11.5 Å². The van der Waals surface area contributed by atoms with E-state index in [-0.39, 0.29) is 24.2 Å². The fraction of sp³-hybridized carbons (Fsp3) is 0.533. The summed E-state index contributed by atoms with van der Waals surface area (Å²) in [7, 11) is 0. The largest absolute Gasteiger partial charge is 0.303 e. The van der Waals surface area contributed by atoms with Gasteiger partial charge in [0.25, 0.3) is 5.92 Å². The lowest BCUT2D eigenvalue weighted by Gasteiger charge is -2.43. The van der Waals surface area contributed by atoms with E-state index in [1.807, 2.05) is 26.0 Å². The summed E-state index contributed by atoms with van der Waals surface area (Å²) in [5, 5.41) is 0. The molecule has 0 aromatic heterocycles. The van der Waals surface area contributed by atoms with Gasteiger partial charge in [-0.2, -0.15) is 0 Å². The first-order valence-corrected chi connectivity index (χ1v) is 13.1. The van der Waals surface area contributed by atoms with Gasteiger partial charge in [0.15, 0.2) is 0 Å². The summed E-state index contributed by atoms with van der Waals surface area (Å²) in [5.74, 6) is -4.19. The van der Waals surface area contributed by atoms with Gasteiger partial charge in [0.1, 0.15) is 11.6 Å². The molecule has 1 saturated heterocycles. The molecule has 37 heavy (non-hydrogen) atoms. The van der Waals surface area contributed by atoms with Crippen molar-refractivity contribution in [2.75, 3.05) is 32.9 Å². The van der Waals surface area contributed by atoms with E-state index in [1.165, 1.54) is 17.0 Å². The minimum Gasteiger partial charge on any atom is -0.303 e. The second-order valence-corrected chi connectivity index (χ2v) is 11.1. The predicted molar refractivity (Wildman–Crippen MR) is 139 cm³/mol. The van der Waals surface area contributed by atoms with Crippen LogP contribution in [0.15, 0.2) is 36.9 Å². The number of alkyl halides is 3. The number of halogens is 5. The van der Waals surface area contributed by atoms with Crippen molar-refractivity contribution >= 4 is 5.57 Å². The predicted octanol–water partition coefficient (Wildman–Crippen LogP) is 7.21. The van der Waals surface area contributed by atoms with Crippen molar-refractivity contribution in [3.63, 3.8) is 0 Å². The molecule has 0 bridgehead atoms. The monoisotopic (exact) mass is 520 g/mol. The summed E-state index contributed by atoms with van der Waals surface area (Å²) >= 11 is 0.